The summed E-state index contributed by atoms with van der Waals surface area (Å²) in [5.41, 5.74) is 1.23. The second-order valence-electron chi connectivity index (χ2n) is 4.16. The summed E-state index contributed by atoms with van der Waals surface area (Å²) in [6.45, 7) is 9.87. The zero-order chi connectivity index (χ0) is 12.5. The Balaban J connectivity index is 2.63. The first kappa shape index (κ1) is 14.2. The molecule has 4 heteroatoms. The molecular weight excluding hydrogens is 214 g/mol. The minimum absolute atomic E-state index is 0.251. The quantitative estimate of drug-likeness (QED) is 0.672. The topological polar surface area (TPSA) is 39.1 Å². The van der Waals surface area contributed by atoms with E-state index in [4.69, 9.17) is 4.74 Å². The van der Waals surface area contributed by atoms with Gasteiger partial charge in [0.2, 0.25) is 0 Å². The van der Waals surface area contributed by atoms with Gasteiger partial charge >= 0.3 is 0 Å². The molecule has 1 aromatic rings. The van der Waals surface area contributed by atoms with E-state index in [1.807, 2.05) is 6.20 Å². The summed E-state index contributed by atoms with van der Waals surface area (Å²) in [6.07, 6.45) is 4.03. The van der Waals surface area contributed by atoms with E-state index in [0.717, 1.165) is 39.1 Å². The standard InChI is InChI=1S/C13H25N3O/c1-4-9-16-13(7-8-15-16)12(14-6-3)11-17-10-5-2/h7-8,12,14H,4-6,9-11H2,1-3H3. The van der Waals surface area contributed by atoms with Crippen LogP contribution in [-0.2, 0) is 11.3 Å². The van der Waals surface area contributed by atoms with Gasteiger partial charge in [0.25, 0.3) is 0 Å². The molecule has 0 amide bonds. The molecule has 0 aliphatic carbocycles. The van der Waals surface area contributed by atoms with Crippen LogP contribution in [0.15, 0.2) is 12.3 Å². The number of aryl methyl sites for hydroxylation is 1. The van der Waals surface area contributed by atoms with Gasteiger partial charge in [-0.3, -0.25) is 4.68 Å². The Hall–Kier alpha value is -0.870. The minimum Gasteiger partial charge on any atom is -0.379 e. The third-order valence-electron chi connectivity index (χ3n) is 2.63. The Labute approximate surface area is 104 Å². The van der Waals surface area contributed by atoms with Crippen LogP contribution in [0.4, 0.5) is 0 Å². The lowest BCUT2D eigenvalue weighted by atomic mass is 10.2. The highest BCUT2D eigenvalue weighted by molar-refractivity contribution is 5.07. The normalized spacial score (nSPS) is 12.9. The van der Waals surface area contributed by atoms with Gasteiger partial charge in [0.15, 0.2) is 0 Å². The third kappa shape index (κ3) is 4.48. The van der Waals surface area contributed by atoms with E-state index in [-0.39, 0.29) is 6.04 Å². The molecule has 0 spiro atoms. The van der Waals surface area contributed by atoms with Crippen molar-refractivity contribution in [1.82, 2.24) is 15.1 Å². The highest BCUT2D eigenvalue weighted by Crippen LogP contribution is 2.13. The average Bonchev–Trinajstić information content (AvgIpc) is 2.77. The molecule has 0 radical (unpaired) electrons. The van der Waals surface area contributed by atoms with Crippen molar-refractivity contribution in [2.45, 2.75) is 46.2 Å². The van der Waals surface area contributed by atoms with Crippen LogP contribution in [0, 0.1) is 0 Å². The largest absolute Gasteiger partial charge is 0.379 e. The summed E-state index contributed by atoms with van der Waals surface area (Å²) >= 11 is 0. The number of hydrogen-bond donors (Lipinski definition) is 1. The number of rotatable bonds is 9. The van der Waals surface area contributed by atoms with Crippen LogP contribution in [0.2, 0.25) is 0 Å². The molecule has 98 valence electrons. The zero-order valence-corrected chi connectivity index (χ0v) is 11.3. The summed E-state index contributed by atoms with van der Waals surface area (Å²) in [6, 6.07) is 2.33. The summed E-state index contributed by atoms with van der Waals surface area (Å²) < 4.78 is 7.72. The molecule has 0 saturated carbocycles. The molecule has 0 saturated heterocycles. The van der Waals surface area contributed by atoms with Gasteiger partial charge in [-0.15, -0.1) is 0 Å². The highest BCUT2D eigenvalue weighted by atomic mass is 16.5. The predicted molar refractivity (Wildman–Crippen MR) is 70.0 cm³/mol. The Morgan fingerprint density at radius 3 is 2.82 bits per heavy atom. The van der Waals surface area contributed by atoms with E-state index < -0.39 is 0 Å². The Morgan fingerprint density at radius 1 is 1.35 bits per heavy atom. The Kier molecular flexibility index (Phi) is 6.89. The van der Waals surface area contributed by atoms with Crippen LogP contribution in [-0.4, -0.2) is 29.5 Å². The fraction of sp³-hybridized carbons (Fsp3) is 0.769. The molecule has 1 aromatic heterocycles. The predicted octanol–water partition coefficient (Wildman–Crippen LogP) is 2.37. The first-order valence-electron chi connectivity index (χ1n) is 6.66. The first-order valence-corrected chi connectivity index (χ1v) is 6.66. The molecule has 4 nitrogen and oxygen atoms in total. The van der Waals surface area contributed by atoms with Crippen molar-refractivity contribution in [1.29, 1.82) is 0 Å². The molecule has 17 heavy (non-hydrogen) atoms. The SMILES string of the molecule is CCCOCC(NCC)c1ccnn1CCC. The van der Waals surface area contributed by atoms with Crippen molar-refractivity contribution in [3.8, 4) is 0 Å². The van der Waals surface area contributed by atoms with Gasteiger partial charge < -0.3 is 10.1 Å². The number of nitrogens with one attached hydrogen (secondary N) is 1. The van der Waals surface area contributed by atoms with Gasteiger partial charge in [0, 0.05) is 19.3 Å². The second-order valence-corrected chi connectivity index (χ2v) is 4.16. The summed E-state index contributed by atoms with van der Waals surface area (Å²) in [5.74, 6) is 0. The van der Waals surface area contributed by atoms with E-state index in [2.05, 4.69) is 41.9 Å². The molecule has 0 fully saturated rings. The van der Waals surface area contributed by atoms with Crippen LogP contribution in [0.1, 0.15) is 45.3 Å². The van der Waals surface area contributed by atoms with Gasteiger partial charge in [-0.2, -0.15) is 5.10 Å². The van der Waals surface area contributed by atoms with Gasteiger partial charge in [0.05, 0.1) is 18.3 Å². The Morgan fingerprint density at radius 2 is 2.18 bits per heavy atom. The summed E-state index contributed by atoms with van der Waals surface area (Å²) in [7, 11) is 0. The monoisotopic (exact) mass is 239 g/mol. The van der Waals surface area contributed by atoms with Gasteiger partial charge in [-0.1, -0.05) is 20.8 Å². The van der Waals surface area contributed by atoms with Gasteiger partial charge in [0.1, 0.15) is 0 Å². The van der Waals surface area contributed by atoms with Crippen molar-refractivity contribution in [3.63, 3.8) is 0 Å². The average molecular weight is 239 g/mol. The number of aromatic nitrogens is 2. The van der Waals surface area contributed by atoms with Crippen molar-refractivity contribution < 1.29 is 4.74 Å². The maximum absolute atomic E-state index is 5.65. The third-order valence-corrected chi connectivity index (χ3v) is 2.63. The molecule has 1 N–H and O–H groups in total. The lowest BCUT2D eigenvalue weighted by Crippen LogP contribution is -2.28. The fourth-order valence-electron chi connectivity index (χ4n) is 1.88. The molecule has 0 aromatic carbocycles. The van der Waals surface area contributed by atoms with E-state index in [9.17, 15) is 0 Å². The van der Waals surface area contributed by atoms with E-state index >= 15 is 0 Å². The zero-order valence-electron chi connectivity index (χ0n) is 11.3. The number of likely N-dealkylation sites (N-methyl/N-ethyl adjacent to an activating group) is 1. The Bertz CT molecular complexity index is 299. The maximum Gasteiger partial charge on any atom is 0.0729 e. The first-order chi connectivity index (χ1) is 8.33. The molecule has 0 aliphatic rings. The van der Waals surface area contributed by atoms with Crippen molar-refractivity contribution in [3.05, 3.63) is 18.0 Å². The molecule has 0 bridgehead atoms. The van der Waals surface area contributed by atoms with E-state index in [1.165, 1.54) is 5.69 Å². The maximum atomic E-state index is 5.65. The van der Waals surface area contributed by atoms with Crippen molar-refractivity contribution >= 4 is 0 Å². The molecule has 1 atom stereocenters. The summed E-state index contributed by atoms with van der Waals surface area (Å²) in [4.78, 5) is 0. The molecular formula is C13H25N3O. The van der Waals surface area contributed by atoms with Gasteiger partial charge in [-0.25, -0.2) is 0 Å². The van der Waals surface area contributed by atoms with Crippen molar-refractivity contribution in [2.75, 3.05) is 19.8 Å². The van der Waals surface area contributed by atoms with E-state index in [0.29, 0.717) is 0 Å². The van der Waals surface area contributed by atoms with Crippen LogP contribution in [0.3, 0.4) is 0 Å². The second kappa shape index (κ2) is 8.25. The number of ether oxygens (including phenoxy) is 1. The molecule has 0 aliphatic heterocycles. The van der Waals surface area contributed by atoms with Gasteiger partial charge in [-0.05, 0) is 25.5 Å². The lowest BCUT2D eigenvalue weighted by Gasteiger charge is -2.19. The highest BCUT2D eigenvalue weighted by Gasteiger charge is 2.14. The van der Waals surface area contributed by atoms with E-state index in [1.54, 1.807) is 0 Å². The fourth-order valence-corrected chi connectivity index (χ4v) is 1.88. The lowest BCUT2D eigenvalue weighted by molar-refractivity contribution is 0.110. The summed E-state index contributed by atoms with van der Waals surface area (Å²) in [5, 5.41) is 7.82. The van der Waals surface area contributed by atoms with Crippen LogP contribution in [0.25, 0.3) is 0 Å². The molecule has 1 rings (SSSR count). The smallest absolute Gasteiger partial charge is 0.0729 e. The number of hydrogen-bond acceptors (Lipinski definition) is 3. The minimum atomic E-state index is 0.251. The van der Waals surface area contributed by atoms with Crippen LogP contribution >= 0.6 is 0 Å². The molecule has 1 unspecified atom stereocenters. The van der Waals surface area contributed by atoms with Crippen LogP contribution in [0.5, 0.6) is 0 Å². The van der Waals surface area contributed by atoms with Crippen LogP contribution < -0.4 is 5.32 Å². The number of nitrogens with zero attached hydrogens (tertiary/aromatic N) is 2. The molecule has 1 heterocycles. The van der Waals surface area contributed by atoms with Crippen molar-refractivity contribution in [2.24, 2.45) is 0 Å².